The minimum absolute atomic E-state index is 0.00414. The van der Waals surface area contributed by atoms with Crippen LogP contribution in [-0.4, -0.2) is 47.4 Å². The van der Waals surface area contributed by atoms with Gasteiger partial charge in [0.25, 0.3) is 0 Å². The molecule has 1 fully saturated rings. The lowest BCUT2D eigenvalue weighted by Crippen LogP contribution is -2.56. The van der Waals surface area contributed by atoms with E-state index in [1.165, 1.54) is 18.9 Å². The van der Waals surface area contributed by atoms with E-state index < -0.39 is 11.5 Å². The zero-order valence-electron chi connectivity index (χ0n) is 15.0. The Morgan fingerprint density at radius 2 is 1.84 bits per heavy atom. The summed E-state index contributed by atoms with van der Waals surface area (Å²) in [5, 5.41) is 9.73. The number of amides is 1. The summed E-state index contributed by atoms with van der Waals surface area (Å²) in [5.74, 6) is -0.824. The number of likely N-dealkylation sites (N-methyl/N-ethyl adjacent to an activating group) is 1. The topological polar surface area (TPSA) is 83.9 Å². The second-order valence-corrected chi connectivity index (χ2v) is 6.61. The lowest BCUT2D eigenvalue weighted by Gasteiger charge is -2.41. The number of carbonyl (C=O) groups is 3. The van der Waals surface area contributed by atoms with Gasteiger partial charge in [0.15, 0.2) is 5.78 Å². The van der Waals surface area contributed by atoms with Crippen LogP contribution in [0.4, 0.5) is 0 Å². The lowest BCUT2D eigenvalue weighted by molar-refractivity contribution is -0.160. The largest absolute Gasteiger partial charge is 0.496 e. The van der Waals surface area contributed by atoms with Gasteiger partial charge in [-0.05, 0) is 38.0 Å². The van der Waals surface area contributed by atoms with Crippen molar-refractivity contribution in [2.75, 3.05) is 14.2 Å². The SMILES string of the molecule is COc1ccc(C(C)=O)cc1CC(=O)N(C)C1(C(=O)O)CCCCC1. The van der Waals surface area contributed by atoms with Crippen LogP contribution in [-0.2, 0) is 16.0 Å². The number of aliphatic carboxylic acids is 1. The van der Waals surface area contributed by atoms with Crippen LogP contribution in [0, 0.1) is 0 Å². The molecule has 6 heteroatoms. The second kappa shape index (κ2) is 7.68. The van der Waals surface area contributed by atoms with Gasteiger partial charge in [-0.3, -0.25) is 9.59 Å². The highest BCUT2D eigenvalue weighted by atomic mass is 16.5. The molecule has 1 aromatic carbocycles. The van der Waals surface area contributed by atoms with Gasteiger partial charge in [-0.2, -0.15) is 0 Å². The van der Waals surface area contributed by atoms with E-state index >= 15 is 0 Å². The molecule has 0 bridgehead atoms. The van der Waals surface area contributed by atoms with E-state index in [9.17, 15) is 19.5 Å². The number of carboxylic acids is 1. The molecule has 1 aliphatic carbocycles. The van der Waals surface area contributed by atoms with Crippen LogP contribution >= 0.6 is 0 Å². The number of methoxy groups -OCH3 is 1. The van der Waals surface area contributed by atoms with Crippen molar-refractivity contribution in [1.82, 2.24) is 4.90 Å². The van der Waals surface area contributed by atoms with Crippen molar-refractivity contribution in [2.24, 2.45) is 0 Å². The van der Waals surface area contributed by atoms with Crippen LogP contribution in [0.15, 0.2) is 18.2 Å². The first kappa shape index (κ1) is 19.0. The number of hydrogen-bond donors (Lipinski definition) is 1. The van der Waals surface area contributed by atoms with Crippen molar-refractivity contribution in [2.45, 2.75) is 51.0 Å². The molecule has 0 saturated heterocycles. The third-order valence-corrected chi connectivity index (χ3v) is 5.12. The van der Waals surface area contributed by atoms with Crippen molar-refractivity contribution >= 4 is 17.7 Å². The van der Waals surface area contributed by atoms with Crippen molar-refractivity contribution in [3.8, 4) is 5.75 Å². The monoisotopic (exact) mass is 347 g/mol. The Kier molecular flexibility index (Phi) is 5.82. The van der Waals surface area contributed by atoms with Gasteiger partial charge in [-0.15, -0.1) is 0 Å². The van der Waals surface area contributed by atoms with E-state index in [0.29, 0.717) is 29.7 Å². The summed E-state index contributed by atoms with van der Waals surface area (Å²) in [6.07, 6.45) is 3.52. The number of hydrogen-bond acceptors (Lipinski definition) is 4. The third-order valence-electron chi connectivity index (χ3n) is 5.12. The Hall–Kier alpha value is -2.37. The van der Waals surface area contributed by atoms with Gasteiger partial charge < -0.3 is 14.7 Å². The van der Waals surface area contributed by atoms with E-state index in [2.05, 4.69) is 0 Å². The molecule has 136 valence electrons. The highest BCUT2D eigenvalue weighted by Crippen LogP contribution is 2.34. The van der Waals surface area contributed by atoms with Crippen LogP contribution in [0.25, 0.3) is 0 Å². The van der Waals surface area contributed by atoms with Gasteiger partial charge in [0.2, 0.25) is 5.91 Å². The van der Waals surface area contributed by atoms with Crippen molar-refractivity contribution in [3.63, 3.8) is 0 Å². The normalized spacial score (nSPS) is 16.1. The molecule has 0 atom stereocenters. The minimum Gasteiger partial charge on any atom is -0.496 e. The molecule has 0 aliphatic heterocycles. The maximum Gasteiger partial charge on any atom is 0.329 e. The molecule has 0 unspecified atom stereocenters. The molecule has 1 aliphatic rings. The Morgan fingerprint density at radius 1 is 1.20 bits per heavy atom. The first-order valence-electron chi connectivity index (χ1n) is 8.50. The molecule has 1 amide bonds. The average molecular weight is 347 g/mol. The number of Topliss-reactive ketones (excluding diaryl/α,β-unsaturated/α-hetero) is 1. The summed E-state index contributed by atoms with van der Waals surface area (Å²) < 4.78 is 5.28. The fourth-order valence-electron chi connectivity index (χ4n) is 3.49. The standard InChI is InChI=1S/C19H25NO5/c1-13(21)14-7-8-16(25-3)15(11-14)12-17(22)20(2)19(18(23)24)9-5-4-6-10-19/h7-8,11H,4-6,9-10,12H2,1-3H3,(H,23,24). The third kappa shape index (κ3) is 3.83. The van der Waals surface area contributed by atoms with Gasteiger partial charge in [-0.1, -0.05) is 19.3 Å². The molecule has 0 heterocycles. The molecule has 6 nitrogen and oxygen atoms in total. The van der Waals surface area contributed by atoms with Gasteiger partial charge in [0, 0.05) is 18.2 Å². The predicted octanol–water partition coefficient (Wildman–Crippen LogP) is 2.69. The quantitative estimate of drug-likeness (QED) is 0.800. The van der Waals surface area contributed by atoms with Gasteiger partial charge in [0.05, 0.1) is 13.5 Å². The fraction of sp³-hybridized carbons (Fsp3) is 0.526. The van der Waals surface area contributed by atoms with Crippen LogP contribution in [0.5, 0.6) is 5.75 Å². The Labute approximate surface area is 147 Å². The van der Waals surface area contributed by atoms with Crippen LogP contribution in [0.1, 0.15) is 54.9 Å². The number of benzene rings is 1. The Morgan fingerprint density at radius 3 is 2.36 bits per heavy atom. The molecule has 25 heavy (non-hydrogen) atoms. The fourth-order valence-corrected chi connectivity index (χ4v) is 3.49. The first-order valence-corrected chi connectivity index (χ1v) is 8.50. The van der Waals surface area contributed by atoms with Crippen molar-refractivity contribution in [1.29, 1.82) is 0 Å². The Bertz CT molecular complexity index is 676. The van der Waals surface area contributed by atoms with E-state index in [1.54, 1.807) is 25.2 Å². The van der Waals surface area contributed by atoms with E-state index in [-0.39, 0.29) is 18.1 Å². The predicted molar refractivity (Wildman–Crippen MR) is 92.9 cm³/mol. The molecule has 1 N–H and O–H groups in total. The average Bonchev–Trinajstić information content (AvgIpc) is 2.61. The molecule has 1 aromatic rings. The Balaban J connectivity index is 2.27. The molecular formula is C19H25NO5. The zero-order valence-corrected chi connectivity index (χ0v) is 15.0. The number of rotatable bonds is 6. The molecule has 1 saturated carbocycles. The van der Waals surface area contributed by atoms with Crippen molar-refractivity contribution < 1.29 is 24.2 Å². The highest BCUT2D eigenvalue weighted by molar-refractivity contribution is 5.95. The molecule has 2 rings (SSSR count). The van der Waals surface area contributed by atoms with E-state index in [4.69, 9.17) is 4.74 Å². The highest BCUT2D eigenvalue weighted by Gasteiger charge is 2.45. The summed E-state index contributed by atoms with van der Waals surface area (Å²) in [5.41, 5.74) is -0.0546. The van der Waals surface area contributed by atoms with Crippen LogP contribution in [0.2, 0.25) is 0 Å². The summed E-state index contributed by atoms with van der Waals surface area (Å²) in [6, 6.07) is 4.95. The van der Waals surface area contributed by atoms with E-state index in [0.717, 1.165) is 19.3 Å². The van der Waals surface area contributed by atoms with Crippen LogP contribution < -0.4 is 4.74 Å². The lowest BCUT2D eigenvalue weighted by atomic mass is 9.80. The van der Waals surface area contributed by atoms with Gasteiger partial charge in [0.1, 0.15) is 11.3 Å². The smallest absolute Gasteiger partial charge is 0.329 e. The summed E-state index contributed by atoms with van der Waals surface area (Å²) in [6.45, 7) is 1.46. The molecule has 0 aromatic heterocycles. The number of ketones is 1. The molecular weight excluding hydrogens is 322 g/mol. The number of carboxylic acid groups (broad SMARTS) is 1. The van der Waals surface area contributed by atoms with Crippen LogP contribution in [0.3, 0.4) is 0 Å². The summed E-state index contributed by atoms with van der Waals surface area (Å²) in [7, 11) is 3.06. The maximum absolute atomic E-state index is 12.8. The molecule has 0 radical (unpaired) electrons. The maximum atomic E-state index is 12.8. The van der Waals surface area contributed by atoms with Crippen molar-refractivity contribution in [3.05, 3.63) is 29.3 Å². The number of nitrogens with zero attached hydrogens (tertiary/aromatic N) is 1. The summed E-state index contributed by atoms with van der Waals surface area (Å²) >= 11 is 0. The minimum atomic E-state index is -1.14. The number of ether oxygens (including phenoxy) is 1. The second-order valence-electron chi connectivity index (χ2n) is 6.61. The van der Waals surface area contributed by atoms with Gasteiger partial charge >= 0.3 is 5.97 Å². The van der Waals surface area contributed by atoms with Gasteiger partial charge in [-0.25, -0.2) is 4.79 Å². The number of carbonyl (C=O) groups excluding carboxylic acids is 2. The van der Waals surface area contributed by atoms with E-state index in [1.807, 2.05) is 0 Å². The molecule has 0 spiro atoms. The zero-order chi connectivity index (χ0) is 18.6. The first-order chi connectivity index (χ1) is 11.8. The summed E-state index contributed by atoms with van der Waals surface area (Å²) in [4.78, 5) is 37.6.